The number of amides is 1. The third kappa shape index (κ3) is 2.84. The largest absolute Gasteiger partial charge is 0.433 e. The fraction of sp³-hybridized carbons (Fsp3) is 0.182. The van der Waals surface area contributed by atoms with E-state index in [4.69, 9.17) is 4.42 Å². The molecule has 4 rings (SSSR count). The summed E-state index contributed by atoms with van der Waals surface area (Å²) in [5.41, 5.74) is 4.49. The summed E-state index contributed by atoms with van der Waals surface area (Å²) >= 11 is 0. The van der Waals surface area contributed by atoms with Crippen molar-refractivity contribution in [2.45, 2.75) is 20.8 Å². The number of carbonyl (C=O) groups excluding carboxylic acids is 1. The first-order chi connectivity index (χ1) is 12.5. The Labute approximate surface area is 152 Å². The molecule has 2 aromatic heterocycles. The van der Waals surface area contributed by atoms with Crippen LogP contribution in [0.15, 0.2) is 59.0 Å². The molecule has 4 heteroatoms. The Kier molecular flexibility index (Phi) is 3.96. The van der Waals surface area contributed by atoms with Gasteiger partial charge in [0.05, 0.1) is 5.52 Å². The molecule has 0 unspecified atom stereocenters. The molecule has 0 N–H and O–H groups in total. The molecular weight excluding hydrogens is 324 g/mol. The third-order valence-corrected chi connectivity index (χ3v) is 4.54. The van der Waals surface area contributed by atoms with Crippen molar-refractivity contribution < 1.29 is 9.21 Å². The van der Waals surface area contributed by atoms with E-state index >= 15 is 0 Å². The van der Waals surface area contributed by atoms with Crippen molar-refractivity contribution in [1.29, 1.82) is 0 Å². The van der Waals surface area contributed by atoms with Crippen LogP contribution >= 0.6 is 0 Å². The normalized spacial score (nSPS) is 11.2. The maximum Gasteiger partial charge on any atom is 0.294 e. The lowest BCUT2D eigenvalue weighted by molar-refractivity contribution is 0.0963. The van der Waals surface area contributed by atoms with Gasteiger partial charge in [0.25, 0.3) is 5.91 Å². The highest BCUT2D eigenvalue weighted by molar-refractivity contribution is 6.06. The minimum Gasteiger partial charge on any atom is -0.433 e. The zero-order chi connectivity index (χ0) is 18.3. The predicted molar refractivity (Wildman–Crippen MR) is 105 cm³/mol. The Morgan fingerprint density at radius 2 is 1.81 bits per heavy atom. The quantitative estimate of drug-likeness (QED) is 0.509. The standard InChI is InChI=1S/C22H20N2O2/c1-4-24(18-7-5-6-14(2)10-18)22(25)20-13-17-12-16-9-8-15(3)11-19(16)23-21(17)26-20/h5-13H,4H2,1-3H3. The van der Waals surface area contributed by atoms with Gasteiger partial charge in [0.1, 0.15) is 0 Å². The van der Waals surface area contributed by atoms with Crippen LogP contribution in [0.3, 0.4) is 0 Å². The van der Waals surface area contributed by atoms with E-state index in [9.17, 15) is 4.79 Å². The van der Waals surface area contributed by atoms with Crippen molar-refractivity contribution in [2.75, 3.05) is 11.4 Å². The fourth-order valence-electron chi connectivity index (χ4n) is 3.21. The van der Waals surface area contributed by atoms with Crippen molar-refractivity contribution in [3.63, 3.8) is 0 Å². The average Bonchev–Trinajstić information content (AvgIpc) is 3.03. The van der Waals surface area contributed by atoms with E-state index in [1.807, 2.05) is 63.2 Å². The van der Waals surface area contributed by atoms with Crippen LogP contribution < -0.4 is 4.90 Å². The highest BCUT2D eigenvalue weighted by Gasteiger charge is 2.21. The van der Waals surface area contributed by atoms with Crippen molar-refractivity contribution in [3.05, 3.63) is 71.5 Å². The molecule has 26 heavy (non-hydrogen) atoms. The highest BCUT2D eigenvalue weighted by atomic mass is 16.4. The van der Waals surface area contributed by atoms with Gasteiger partial charge in [-0.3, -0.25) is 4.79 Å². The Hall–Kier alpha value is -3.14. The van der Waals surface area contributed by atoms with E-state index < -0.39 is 0 Å². The molecule has 0 aliphatic rings. The molecule has 0 spiro atoms. The number of aryl methyl sites for hydroxylation is 2. The molecule has 0 saturated carbocycles. The first kappa shape index (κ1) is 16.3. The summed E-state index contributed by atoms with van der Waals surface area (Å²) < 4.78 is 5.81. The summed E-state index contributed by atoms with van der Waals surface area (Å²) in [6, 6.07) is 17.8. The second-order valence-corrected chi connectivity index (χ2v) is 6.58. The van der Waals surface area contributed by atoms with Crippen LogP contribution in [0, 0.1) is 13.8 Å². The number of fused-ring (bicyclic) bond motifs is 2. The van der Waals surface area contributed by atoms with Gasteiger partial charge in [0.15, 0.2) is 5.76 Å². The van der Waals surface area contributed by atoms with Gasteiger partial charge >= 0.3 is 0 Å². The van der Waals surface area contributed by atoms with Gasteiger partial charge in [-0.1, -0.05) is 24.3 Å². The molecule has 0 bridgehead atoms. The number of carbonyl (C=O) groups is 1. The Balaban J connectivity index is 1.77. The molecule has 1 amide bonds. The fourth-order valence-corrected chi connectivity index (χ4v) is 3.21. The SMILES string of the molecule is CCN(C(=O)c1cc2cc3ccc(C)cc3nc2o1)c1cccc(C)c1. The van der Waals surface area contributed by atoms with Crippen molar-refractivity contribution in [1.82, 2.24) is 4.98 Å². The maximum absolute atomic E-state index is 13.0. The molecule has 4 nitrogen and oxygen atoms in total. The van der Waals surface area contributed by atoms with Crippen LogP contribution in [0.4, 0.5) is 5.69 Å². The summed E-state index contributed by atoms with van der Waals surface area (Å²) in [6.45, 7) is 6.57. The zero-order valence-corrected chi connectivity index (χ0v) is 15.1. The Bertz CT molecular complexity index is 1130. The van der Waals surface area contributed by atoms with E-state index in [0.29, 0.717) is 18.0 Å². The second kappa shape index (κ2) is 6.30. The summed E-state index contributed by atoms with van der Waals surface area (Å²) in [7, 11) is 0. The monoisotopic (exact) mass is 344 g/mol. The smallest absolute Gasteiger partial charge is 0.294 e. The van der Waals surface area contributed by atoms with Gasteiger partial charge in [-0.25, -0.2) is 4.98 Å². The zero-order valence-electron chi connectivity index (χ0n) is 15.1. The molecule has 4 aromatic rings. The van der Waals surface area contributed by atoms with Gasteiger partial charge in [-0.2, -0.15) is 0 Å². The summed E-state index contributed by atoms with van der Waals surface area (Å²) in [5, 5.41) is 1.87. The summed E-state index contributed by atoms with van der Waals surface area (Å²) in [6.07, 6.45) is 0. The number of rotatable bonds is 3. The van der Waals surface area contributed by atoms with E-state index in [1.54, 1.807) is 11.0 Å². The number of hydrogen-bond donors (Lipinski definition) is 0. The van der Waals surface area contributed by atoms with Gasteiger partial charge in [-0.15, -0.1) is 0 Å². The molecule has 0 radical (unpaired) electrons. The number of pyridine rings is 1. The average molecular weight is 344 g/mol. The van der Waals surface area contributed by atoms with E-state index in [-0.39, 0.29) is 5.91 Å². The topological polar surface area (TPSA) is 46.3 Å². The molecule has 0 atom stereocenters. The van der Waals surface area contributed by atoms with Gasteiger partial charge in [-0.05, 0) is 62.2 Å². The molecule has 0 aliphatic carbocycles. The second-order valence-electron chi connectivity index (χ2n) is 6.58. The molecule has 0 saturated heterocycles. The van der Waals surface area contributed by atoms with Gasteiger partial charge in [0, 0.05) is 23.0 Å². The maximum atomic E-state index is 13.0. The van der Waals surface area contributed by atoms with Crippen molar-refractivity contribution >= 4 is 33.6 Å². The van der Waals surface area contributed by atoms with E-state index in [0.717, 1.165) is 33.1 Å². The van der Waals surface area contributed by atoms with Crippen molar-refractivity contribution in [2.24, 2.45) is 0 Å². The lowest BCUT2D eigenvalue weighted by atomic mass is 10.1. The van der Waals surface area contributed by atoms with Crippen LogP contribution in [0.2, 0.25) is 0 Å². The van der Waals surface area contributed by atoms with Crippen LogP contribution in [-0.2, 0) is 0 Å². The third-order valence-electron chi connectivity index (χ3n) is 4.54. The predicted octanol–water partition coefficient (Wildman–Crippen LogP) is 5.26. The molecule has 130 valence electrons. The minimum absolute atomic E-state index is 0.156. The molecule has 0 fully saturated rings. The number of benzene rings is 2. The molecule has 0 aliphatic heterocycles. The Morgan fingerprint density at radius 3 is 2.58 bits per heavy atom. The lowest BCUT2D eigenvalue weighted by Gasteiger charge is -2.20. The molecule has 2 aromatic carbocycles. The van der Waals surface area contributed by atoms with Crippen LogP contribution in [0.5, 0.6) is 0 Å². The van der Waals surface area contributed by atoms with Gasteiger partial charge in [0.2, 0.25) is 5.71 Å². The number of hydrogen-bond acceptors (Lipinski definition) is 3. The summed E-state index contributed by atoms with van der Waals surface area (Å²) in [4.78, 5) is 19.3. The number of furan rings is 1. The van der Waals surface area contributed by atoms with Crippen molar-refractivity contribution in [3.8, 4) is 0 Å². The first-order valence-corrected chi connectivity index (χ1v) is 8.74. The molecular formula is C22H20N2O2. The number of nitrogens with zero attached hydrogens (tertiary/aromatic N) is 2. The molecule has 2 heterocycles. The minimum atomic E-state index is -0.156. The van der Waals surface area contributed by atoms with Crippen LogP contribution in [0.1, 0.15) is 28.6 Å². The van der Waals surface area contributed by atoms with E-state index in [2.05, 4.69) is 11.1 Å². The number of anilines is 1. The Morgan fingerprint density at radius 1 is 1.00 bits per heavy atom. The highest BCUT2D eigenvalue weighted by Crippen LogP contribution is 2.26. The summed E-state index contributed by atoms with van der Waals surface area (Å²) in [5.74, 6) is 0.152. The first-order valence-electron chi connectivity index (χ1n) is 8.74. The van der Waals surface area contributed by atoms with Gasteiger partial charge < -0.3 is 9.32 Å². The van der Waals surface area contributed by atoms with E-state index in [1.165, 1.54) is 0 Å². The number of aromatic nitrogens is 1. The lowest BCUT2D eigenvalue weighted by Crippen LogP contribution is -2.30. The van der Waals surface area contributed by atoms with Crippen LogP contribution in [-0.4, -0.2) is 17.4 Å². The van der Waals surface area contributed by atoms with Crippen LogP contribution in [0.25, 0.3) is 22.0 Å².